The van der Waals surface area contributed by atoms with Gasteiger partial charge in [0.1, 0.15) is 0 Å². The van der Waals surface area contributed by atoms with Gasteiger partial charge in [0.05, 0.1) is 19.2 Å². The van der Waals surface area contributed by atoms with E-state index in [9.17, 15) is 4.79 Å². The van der Waals surface area contributed by atoms with Gasteiger partial charge in [-0.1, -0.05) is 23.7 Å². The molecule has 1 atom stereocenters. The zero-order valence-electron chi connectivity index (χ0n) is 12.5. The maximum atomic E-state index is 12.0. The van der Waals surface area contributed by atoms with Crippen molar-refractivity contribution < 1.29 is 9.53 Å². The highest BCUT2D eigenvalue weighted by molar-refractivity contribution is 6.30. The first-order chi connectivity index (χ1) is 10.6. The molecular formula is C15H19ClN4O2. The summed E-state index contributed by atoms with van der Waals surface area (Å²) in [5.41, 5.74) is 0.977. The van der Waals surface area contributed by atoms with Crippen LogP contribution in [0.2, 0.25) is 5.02 Å². The van der Waals surface area contributed by atoms with E-state index in [0.717, 1.165) is 5.56 Å². The lowest BCUT2D eigenvalue weighted by Gasteiger charge is -2.14. The average Bonchev–Trinajstić information content (AvgIpc) is 2.93. The van der Waals surface area contributed by atoms with Crippen LogP contribution in [0.3, 0.4) is 0 Å². The summed E-state index contributed by atoms with van der Waals surface area (Å²) in [5, 5.41) is 10.4. The van der Waals surface area contributed by atoms with Crippen molar-refractivity contribution in [2.24, 2.45) is 0 Å². The normalized spacial score (nSPS) is 12.0. The molecule has 0 spiro atoms. The molecule has 0 bridgehead atoms. The van der Waals surface area contributed by atoms with E-state index in [2.05, 4.69) is 15.7 Å². The van der Waals surface area contributed by atoms with Crippen LogP contribution in [-0.2, 0) is 11.3 Å². The van der Waals surface area contributed by atoms with Gasteiger partial charge >= 0.3 is 6.03 Å². The Balaban J connectivity index is 1.86. The molecule has 0 radical (unpaired) electrons. The second kappa shape index (κ2) is 7.82. The summed E-state index contributed by atoms with van der Waals surface area (Å²) in [6.45, 7) is 3.11. The number of hydrogen-bond donors (Lipinski definition) is 2. The Morgan fingerprint density at radius 1 is 1.36 bits per heavy atom. The van der Waals surface area contributed by atoms with Crippen molar-refractivity contribution in [2.45, 2.75) is 19.5 Å². The molecule has 1 aromatic heterocycles. The minimum absolute atomic E-state index is 0.132. The number of carbonyl (C=O) groups is 1. The Hall–Kier alpha value is -2.05. The van der Waals surface area contributed by atoms with Crippen molar-refractivity contribution >= 4 is 23.4 Å². The van der Waals surface area contributed by atoms with E-state index in [1.807, 2.05) is 19.1 Å². The third kappa shape index (κ3) is 4.75. The summed E-state index contributed by atoms with van der Waals surface area (Å²) in [6.07, 6.45) is 1.79. The maximum Gasteiger partial charge on any atom is 0.320 e. The van der Waals surface area contributed by atoms with Gasteiger partial charge < -0.3 is 10.1 Å². The molecule has 2 rings (SSSR count). The number of halogens is 1. The number of hydrogen-bond acceptors (Lipinski definition) is 3. The van der Waals surface area contributed by atoms with Crippen LogP contribution in [0.5, 0.6) is 0 Å². The Bertz CT molecular complexity index is 612. The number of amides is 2. The van der Waals surface area contributed by atoms with Gasteiger partial charge in [0.15, 0.2) is 5.82 Å². The largest absolute Gasteiger partial charge is 0.383 e. The fraction of sp³-hybridized carbons (Fsp3) is 0.333. The van der Waals surface area contributed by atoms with Gasteiger partial charge in [-0.2, -0.15) is 5.10 Å². The zero-order chi connectivity index (χ0) is 15.9. The lowest BCUT2D eigenvalue weighted by atomic mass is 10.1. The van der Waals surface area contributed by atoms with Crippen molar-refractivity contribution in [1.82, 2.24) is 15.1 Å². The molecule has 0 aliphatic heterocycles. The lowest BCUT2D eigenvalue weighted by Crippen LogP contribution is -2.31. The number of nitrogens with zero attached hydrogens (tertiary/aromatic N) is 2. The molecule has 1 aromatic carbocycles. The molecule has 0 aliphatic rings. The minimum atomic E-state index is -0.306. The van der Waals surface area contributed by atoms with E-state index < -0.39 is 0 Å². The van der Waals surface area contributed by atoms with Crippen LogP contribution in [0, 0.1) is 0 Å². The summed E-state index contributed by atoms with van der Waals surface area (Å²) in [6, 6.07) is 8.66. The van der Waals surface area contributed by atoms with Gasteiger partial charge in [0.2, 0.25) is 0 Å². The van der Waals surface area contributed by atoms with E-state index in [1.165, 1.54) is 0 Å². The first-order valence-electron chi connectivity index (χ1n) is 6.94. The third-order valence-corrected chi connectivity index (χ3v) is 3.38. The van der Waals surface area contributed by atoms with Crippen molar-refractivity contribution in [3.8, 4) is 0 Å². The molecule has 7 heteroatoms. The second-order valence-corrected chi connectivity index (χ2v) is 5.26. The SMILES string of the molecule is COCCn1ccc(NC(=O)NC(C)c2ccc(Cl)cc2)n1. The Kier molecular flexibility index (Phi) is 5.80. The standard InChI is InChI=1S/C15H19ClN4O2/c1-11(12-3-5-13(16)6-4-12)17-15(21)18-14-7-8-20(19-14)9-10-22-2/h3-8,11H,9-10H2,1-2H3,(H2,17,18,19,21). The number of methoxy groups -OCH3 is 1. The topological polar surface area (TPSA) is 68.2 Å². The molecule has 0 fully saturated rings. The smallest absolute Gasteiger partial charge is 0.320 e. The maximum absolute atomic E-state index is 12.0. The Labute approximate surface area is 134 Å². The Morgan fingerprint density at radius 2 is 2.09 bits per heavy atom. The number of ether oxygens (including phenoxy) is 1. The van der Waals surface area contributed by atoms with Gasteiger partial charge in [-0.3, -0.25) is 10.00 Å². The summed E-state index contributed by atoms with van der Waals surface area (Å²) in [4.78, 5) is 12.0. The molecule has 0 aliphatic carbocycles. The summed E-state index contributed by atoms with van der Waals surface area (Å²) >= 11 is 5.85. The average molecular weight is 323 g/mol. The predicted molar refractivity (Wildman–Crippen MR) is 86.1 cm³/mol. The quantitative estimate of drug-likeness (QED) is 0.858. The van der Waals surface area contributed by atoms with Crippen LogP contribution in [0.15, 0.2) is 36.5 Å². The lowest BCUT2D eigenvalue weighted by molar-refractivity contribution is 0.183. The van der Waals surface area contributed by atoms with Crippen LogP contribution < -0.4 is 10.6 Å². The first-order valence-corrected chi connectivity index (χ1v) is 7.31. The number of nitrogens with one attached hydrogen (secondary N) is 2. The first kappa shape index (κ1) is 16.3. The van der Waals surface area contributed by atoms with Gasteiger partial charge in [0.25, 0.3) is 0 Å². The molecule has 0 saturated heterocycles. The molecule has 6 nitrogen and oxygen atoms in total. The van der Waals surface area contributed by atoms with E-state index in [-0.39, 0.29) is 12.1 Å². The molecule has 1 unspecified atom stereocenters. The molecule has 0 saturated carbocycles. The Morgan fingerprint density at radius 3 is 2.77 bits per heavy atom. The highest BCUT2D eigenvalue weighted by Gasteiger charge is 2.10. The number of benzene rings is 1. The van der Waals surface area contributed by atoms with Crippen molar-refractivity contribution in [2.75, 3.05) is 19.0 Å². The van der Waals surface area contributed by atoms with Crippen LogP contribution >= 0.6 is 11.6 Å². The number of aromatic nitrogens is 2. The minimum Gasteiger partial charge on any atom is -0.383 e. The van der Waals surface area contributed by atoms with Gasteiger partial charge in [0, 0.05) is 24.4 Å². The number of anilines is 1. The van der Waals surface area contributed by atoms with Gasteiger partial charge in [-0.25, -0.2) is 4.79 Å². The van der Waals surface area contributed by atoms with E-state index in [0.29, 0.717) is 24.0 Å². The third-order valence-electron chi connectivity index (χ3n) is 3.12. The van der Waals surface area contributed by atoms with Crippen LogP contribution in [0.4, 0.5) is 10.6 Å². The van der Waals surface area contributed by atoms with Gasteiger partial charge in [-0.15, -0.1) is 0 Å². The molecule has 2 N–H and O–H groups in total. The van der Waals surface area contributed by atoms with Gasteiger partial charge in [-0.05, 0) is 24.6 Å². The zero-order valence-corrected chi connectivity index (χ0v) is 13.3. The molecule has 118 valence electrons. The number of urea groups is 1. The van der Waals surface area contributed by atoms with E-state index >= 15 is 0 Å². The monoisotopic (exact) mass is 322 g/mol. The summed E-state index contributed by atoms with van der Waals surface area (Å²) in [5.74, 6) is 0.497. The fourth-order valence-electron chi connectivity index (χ4n) is 1.92. The van der Waals surface area contributed by atoms with Crippen LogP contribution in [0.1, 0.15) is 18.5 Å². The summed E-state index contributed by atoms with van der Waals surface area (Å²) < 4.78 is 6.69. The molecule has 1 heterocycles. The predicted octanol–water partition coefficient (Wildman–Crippen LogP) is 3.07. The number of carbonyl (C=O) groups excluding carboxylic acids is 1. The summed E-state index contributed by atoms with van der Waals surface area (Å²) in [7, 11) is 1.63. The van der Waals surface area contributed by atoms with Crippen molar-refractivity contribution in [3.63, 3.8) is 0 Å². The fourth-order valence-corrected chi connectivity index (χ4v) is 2.05. The van der Waals surface area contributed by atoms with Crippen molar-refractivity contribution in [3.05, 3.63) is 47.1 Å². The second-order valence-electron chi connectivity index (χ2n) is 4.83. The highest BCUT2D eigenvalue weighted by atomic mass is 35.5. The van der Waals surface area contributed by atoms with E-state index in [4.69, 9.17) is 16.3 Å². The van der Waals surface area contributed by atoms with Crippen molar-refractivity contribution in [1.29, 1.82) is 0 Å². The highest BCUT2D eigenvalue weighted by Crippen LogP contribution is 2.16. The molecular weight excluding hydrogens is 304 g/mol. The van der Waals surface area contributed by atoms with Crippen LogP contribution in [0.25, 0.3) is 0 Å². The van der Waals surface area contributed by atoms with E-state index in [1.54, 1.807) is 36.2 Å². The van der Waals surface area contributed by atoms with Crippen LogP contribution in [-0.4, -0.2) is 29.5 Å². The molecule has 2 amide bonds. The number of rotatable bonds is 6. The molecule has 2 aromatic rings. The molecule has 22 heavy (non-hydrogen) atoms.